The summed E-state index contributed by atoms with van der Waals surface area (Å²) in [5, 5.41) is 16.5. The third-order valence-electron chi connectivity index (χ3n) is 3.05. The number of nitro benzene ring substituents is 1. The van der Waals surface area contributed by atoms with E-state index in [0.717, 1.165) is 6.42 Å². The summed E-state index contributed by atoms with van der Waals surface area (Å²) < 4.78 is 5.47. The highest BCUT2D eigenvalue weighted by atomic mass is 32.1. The zero-order chi connectivity index (χ0) is 15.2. The first-order valence-corrected chi connectivity index (χ1v) is 7.68. The van der Waals surface area contributed by atoms with Crippen LogP contribution in [0.3, 0.4) is 0 Å². The number of rotatable bonds is 7. The number of thiophene rings is 1. The van der Waals surface area contributed by atoms with Gasteiger partial charge in [-0.2, -0.15) is 0 Å². The average molecular weight is 306 g/mol. The van der Waals surface area contributed by atoms with E-state index in [-0.39, 0.29) is 5.69 Å². The van der Waals surface area contributed by atoms with Gasteiger partial charge in [0, 0.05) is 11.4 Å². The Bertz CT molecular complexity index is 625. The minimum atomic E-state index is -0.394. The topological polar surface area (TPSA) is 64.4 Å². The summed E-state index contributed by atoms with van der Waals surface area (Å²) in [5.74, 6) is 0.315. The maximum Gasteiger partial charge on any atom is 0.333 e. The summed E-state index contributed by atoms with van der Waals surface area (Å²) in [6.45, 7) is 5.03. The first kappa shape index (κ1) is 15.3. The van der Waals surface area contributed by atoms with Crippen LogP contribution >= 0.6 is 11.3 Å². The monoisotopic (exact) mass is 306 g/mol. The average Bonchev–Trinajstić information content (AvgIpc) is 2.87. The van der Waals surface area contributed by atoms with E-state index < -0.39 is 4.92 Å². The normalized spacial score (nSPS) is 10.4. The van der Waals surface area contributed by atoms with Crippen LogP contribution in [0.15, 0.2) is 29.6 Å². The van der Waals surface area contributed by atoms with Crippen molar-refractivity contribution >= 4 is 22.7 Å². The molecule has 1 aromatic heterocycles. The van der Waals surface area contributed by atoms with Gasteiger partial charge in [0.2, 0.25) is 0 Å². The summed E-state index contributed by atoms with van der Waals surface area (Å²) in [5.41, 5.74) is 1.68. The van der Waals surface area contributed by atoms with E-state index in [1.54, 1.807) is 29.5 Å². The molecule has 2 aromatic rings. The van der Waals surface area contributed by atoms with Gasteiger partial charge in [-0.1, -0.05) is 13.0 Å². The van der Waals surface area contributed by atoms with Crippen LogP contribution in [0.5, 0.6) is 5.75 Å². The number of nitro groups is 1. The number of nitrogens with zero attached hydrogens (tertiary/aromatic N) is 1. The van der Waals surface area contributed by atoms with Gasteiger partial charge < -0.3 is 10.1 Å². The molecule has 112 valence electrons. The van der Waals surface area contributed by atoms with Crippen LogP contribution in [0.25, 0.3) is 0 Å². The summed E-state index contributed by atoms with van der Waals surface area (Å²) >= 11 is 1.64. The molecular formula is C15H18N2O3S. The Morgan fingerprint density at radius 3 is 2.81 bits per heavy atom. The number of ether oxygens (including phenoxy) is 1. The number of hydrogen-bond donors (Lipinski definition) is 1. The van der Waals surface area contributed by atoms with Crippen molar-refractivity contribution in [2.45, 2.75) is 26.8 Å². The van der Waals surface area contributed by atoms with Crippen LogP contribution in [0.4, 0.5) is 11.4 Å². The van der Waals surface area contributed by atoms with Crippen molar-refractivity contribution in [2.75, 3.05) is 11.9 Å². The molecule has 6 heteroatoms. The van der Waals surface area contributed by atoms with Crippen molar-refractivity contribution in [1.29, 1.82) is 0 Å². The highest BCUT2D eigenvalue weighted by molar-refractivity contribution is 7.10. The quantitative estimate of drug-likeness (QED) is 0.609. The van der Waals surface area contributed by atoms with Crippen molar-refractivity contribution < 1.29 is 9.66 Å². The van der Waals surface area contributed by atoms with E-state index in [9.17, 15) is 10.1 Å². The summed E-state index contributed by atoms with van der Waals surface area (Å²) in [4.78, 5) is 12.1. The Labute approximate surface area is 127 Å². The van der Waals surface area contributed by atoms with Crippen LogP contribution in [-0.4, -0.2) is 11.5 Å². The summed E-state index contributed by atoms with van der Waals surface area (Å²) in [7, 11) is 0. The molecule has 0 fully saturated rings. The summed E-state index contributed by atoms with van der Waals surface area (Å²) in [6, 6.07) is 7.15. The fourth-order valence-corrected chi connectivity index (χ4v) is 2.79. The van der Waals surface area contributed by atoms with Crippen molar-refractivity contribution in [3.05, 3.63) is 50.2 Å². The summed E-state index contributed by atoms with van der Waals surface area (Å²) in [6.07, 6.45) is 0.809. The second-order valence-electron chi connectivity index (χ2n) is 4.64. The smallest absolute Gasteiger partial charge is 0.333 e. The van der Waals surface area contributed by atoms with Gasteiger partial charge in [0.1, 0.15) is 5.69 Å². The Hall–Kier alpha value is -2.08. The third kappa shape index (κ3) is 3.72. The molecule has 0 bridgehead atoms. The Balaban J connectivity index is 2.21. The van der Waals surface area contributed by atoms with Crippen molar-refractivity contribution in [2.24, 2.45) is 0 Å². The molecule has 0 amide bonds. The fraction of sp³-hybridized carbons (Fsp3) is 0.333. The fourth-order valence-electron chi connectivity index (χ4n) is 1.94. The van der Waals surface area contributed by atoms with E-state index in [1.807, 2.05) is 25.3 Å². The van der Waals surface area contributed by atoms with Gasteiger partial charge in [-0.25, -0.2) is 0 Å². The molecule has 1 N–H and O–H groups in total. The zero-order valence-electron chi connectivity index (χ0n) is 12.1. The highest BCUT2D eigenvalue weighted by Crippen LogP contribution is 2.35. The molecule has 0 saturated carbocycles. The Kier molecular flexibility index (Phi) is 5.16. The standard InChI is InChI=1S/C15H18N2O3S/c1-3-8-20-13-6-4-5-12(15(13)17(18)19)16-10-14-11(2)7-9-21-14/h4-7,9,16H,3,8,10H2,1-2H3. The number of nitrogens with one attached hydrogen (secondary N) is 1. The van der Waals surface area contributed by atoms with Gasteiger partial charge in [0.25, 0.3) is 0 Å². The number of anilines is 1. The minimum Gasteiger partial charge on any atom is -0.487 e. The number of benzene rings is 1. The molecule has 21 heavy (non-hydrogen) atoms. The lowest BCUT2D eigenvalue weighted by Crippen LogP contribution is -2.05. The van der Waals surface area contributed by atoms with Crippen LogP contribution in [0.2, 0.25) is 0 Å². The molecule has 0 saturated heterocycles. The van der Waals surface area contributed by atoms with E-state index in [4.69, 9.17) is 4.74 Å². The van der Waals surface area contributed by atoms with Crippen molar-refractivity contribution in [3.63, 3.8) is 0 Å². The number of aryl methyl sites for hydroxylation is 1. The lowest BCUT2D eigenvalue weighted by atomic mass is 10.2. The van der Waals surface area contributed by atoms with Gasteiger partial charge in [0.15, 0.2) is 5.75 Å². The Morgan fingerprint density at radius 2 is 2.19 bits per heavy atom. The number of para-hydroxylation sites is 1. The first-order valence-electron chi connectivity index (χ1n) is 6.80. The van der Waals surface area contributed by atoms with Crippen LogP contribution < -0.4 is 10.1 Å². The molecule has 0 aliphatic heterocycles. The molecule has 0 atom stereocenters. The van der Waals surface area contributed by atoms with Gasteiger partial charge in [-0.3, -0.25) is 10.1 Å². The van der Waals surface area contributed by atoms with Gasteiger partial charge in [-0.15, -0.1) is 11.3 Å². The van der Waals surface area contributed by atoms with Crippen LogP contribution in [-0.2, 0) is 6.54 Å². The molecule has 5 nitrogen and oxygen atoms in total. The van der Waals surface area contributed by atoms with E-state index in [1.165, 1.54) is 10.4 Å². The predicted octanol–water partition coefficient (Wildman–Crippen LogP) is 4.37. The maximum atomic E-state index is 11.3. The molecule has 0 radical (unpaired) electrons. The van der Waals surface area contributed by atoms with Crippen LogP contribution in [0, 0.1) is 17.0 Å². The van der Waals surface area contributed by atoms with E-state index in [0.29, 0.717) is 24.6 Å². The van der Waals surface area contributed by atoms with Crippen LogP contribution in [0.1, 0.15) is 23.8 Å². The van der Waals surface area contributed by atoms with Crippen molar-refractivity contribution in [3.8, 4) is 5.75 Å². The van der Waals surface area contributed by atoms with Crippen molar-refractivity contribution in [1.82, 2.24) is 0 Å². The SMILES string of the molecule is CCCOc1cccc(NCc2sccc2C)c1[N+](=O)[O-]. The lowest BCUT2D eigenvalue weighted by molar-refractivity contribution is -0.385. The largest absolute Gasteiger partial charge is 0.487 e. The molecule has 0 spiro atoms. The lowest BCUT2D eigenvalue weighted by Gasteiger charge is -2.10. The van der Waals surface area contributed by atoms with Gasteiger partial charge in [0.05, 0.1) is 11.5 Å². The van der Waals surface area contributed by atoms with E-state index in [2.05, 4.69) is 5.32 Å². The molecule has 1 aromatic carbocycles. The molecule has 0 aliphatic carbocycles. The second-order valence-corrected chi connectivity index (χ2v) is 5.64. The predicted molar refractivity (Wildman–Crippen MR) is 85.3 cm³/mol. The molecule has 1 heterocycles. The third-order valence-corrected chi connectivity index (χ3v) is 4.07. The maximum absolute atomic E-state index is 11.3. The van der Waals surface area contributed by atoms with E-state index >= 15 is 0 Å². The molecular weight excluding hydrogens is 288 g/mol. The minimum absolute atomic E-state index is 0.000147. The van der Waals surface area contributed by atoms with Gasteiger partial charge in [-0.05, 0) is 42.5 Å². The second kappa shape index (κ2) is 7.08. The molecule has 0 unspecified atom stereocenters. The Morgan fingerprint density at radius 1 is 1.38 bits per heavy atom. The number of hydrogen-bond acceptors (Lipinski definition) is 5. The highest BCUT2D eigenvalue weighted by Gasteiger charge is 2.20. The molecule has 2 rings (SSSR count). The molecule has 0 aliphatic rings. The first-order chi connectivity index (χ1) is 10.1. The zero-order valence-corrected chi connectivity index (χ0v) is 12.9. The van der Waals surface area contributed by atoms with Gasteiger partial charge >= 0.3 is 5.69 Å².